The van der Waals surface area contributed by atoms with Crippen molar-refractivity contribution >= 4 is 5.91 Å². The van der Waals surface area contributed by atoms with Crippen molar-refractivity contribution in [2.24, 2.45) is 5.41 Å². The van der Waals surface area contributed by atoms with Crippen molar-refractivity contribution in [2.75, 3.05) is 19.6 Å². The van der Waals surface area contributed by atoms with E-state index >= 15 is 0 Å². The van der Waals surface area contributed by atoms with E-state index in [1.807, 2.05) is 23.1 Å². The Kier molecular flexibility index (Phi) is 3.97. The molecule has 0 saturated carbocycles. The molecule has 4 heteroatoms. The lowest BCUT2D eigenvalue weighted by atomic mass is 9.91. The van der Waals surface area contributed by atoms with Crippen molar-refractivity contribution in [3.8, 4) is 0 Å². The predicted octanol–water partition coefficient (Wildman–Crippen LogP) is 1.43. The molecule has 4 nitrogen and oxygen atoms in total. The summed E-state index contributed by atoms with van der Waals surface area (Å²) >= 11 is 0. The lowest BCUT2D eigenvalue weighted by molar-refractivity contribution is -0.133. The van der Waals surface area contributed by atoms with Crippen LogP contribution in [0.4, 0.5) is 0 Å². The van der Waals surface area contributed by atoms with Crippen LogP contribution < -0.4 is 5.32 Å². The minimum Gasteiger partial charge on any atom is -0.336 e. The molecule has 0 aliphatic carbocycles. The van der Waals surface area contributed by atoms with Crippen LogP contribution in [0.15, 0.2) is 24.4 Å². The van der Waals surface area contributed by atoms with Gasteiger partial charge in [-0.1, -0.05) is 19.9 Å². The summed E-state index contributed by atoms with van der Waals surface area (Å²) in [5, 5.41) is 3.33. The standard InChI is InChI=1S/C14H21N3O/c1-14(2)10-15-8-6-13(18)17(11-14)9-12-5-3-4-7-16-12/h3-5,7,15H,6,8-11H2,1-2H3. The van der Waals surface area contributed by atoms with E-state index in [2.05, 4.69) is 24.1 Å². The maximum absolute atomic E-state index is 12.1. The third kappa shape index (κ3) is 3.53. The minimum absolute atomic E-state index is 0.102. The molecule has 18 heavy (non-hydrogen) atoms. The first kappa shape index (κ1) is 13.0. The van der Waals surface area contributed by atoms with Gasteiger partial charge >= 0.3 is 0 Å². The zero-order chi connectivity index (χ0) is 13.0. The Morgan fingerprint density at radius 3 is 3.00 bits per heavy atom. The highest BCUT2D eigenvalue weighted by atomic mass is 16.2. The van der Waals surface area contributed by atoms with Crippen LogP contribution in [0.3, 0.4) is 0 Å². The van der Waals surface area contributed by atoms with E-state index in [-0.39, 0.29) is 11.3 Å². The second-order valence-electron chi connectivity index (χ2n) is 5.66. The highest BCUT2D eigenvalue weighted by molar-refractivity contribution is 5.76. The van der Waals surface area contributed by atoms with Crippen LogP contribution in [0.2, 0.25) is 0 Å². The fourth-order valence-electron chi connectivity index (χ4n) is 2.27. The molecule has 2 rings (SSSR count). The molecule has 0 unspecified atom stereocenters. The van der Waals surface area contributed by atoms with Crippen LogP contribution in [-0.2, 0) is 11.3 Å². The molecule has 2 heterocycles. The van der Waals surface area contributed by atoms with E-state index in [0.29, 0.717) is 13.0 Å². The van der Waals surface area contributed by atoms with Crippen molar-refractivity contribution in [2.45, 2.75) is 26.8 Å². The van der Waals surface area contributed by atoms with Gasteiger partial charge in [-0.15, -0.1) is 0 Å². The molecule has 0 bridgehead atoms. The quantitative estimate of drug-likeness (QED) is 0.860. The molecule has 1 N–H and O–H groups in total. The summed E-state index contributed by atoms with van der Waals surface area (Å²) in [6.07, 6.45) is 2.35. The summed E-state index contributed by atoms with van der Waals surface area (Å²) in [6, 6.07) is 5.83. The number of hydrogen-bond donors (Lipinski definition) is 1. The summed E-state index contributed by atoms with van der Waals surface area (Å²) in [4.78, 5) is 18.4. The summed E-state index contributed by atoms with van der Waals surface area (Å²) in [5.74, 6) is 0.209. The van der Waals surface area contributed by atoms with E-state index in [9.17, 15) is 4.79 Å². The summed E-state index contributed by atoms with van der Waals surface area (Å²) in [5.41, 5.74) is 1.06. The van der Waals surface area contributed by atoms with Gasteiger partial charge in [0, 0.05) is 32.3 Å². The molecule has 1 aromatic rings. The van der Waals surface area contributed by atoms with Crippen LogP contribution >= 0.6 is 0 Å². The van der Waals surface area contributed by atoms with Gasteiger partial charge in [-0.3, -0.25) is 9.78 Å². The van der Waals surface area contributed by atoms with E-state index in [0.717, 1.165) is 25.3 Å². The number of rotatable bonds is 2. The first-order valence-corrected chi connectivity index (χ1v) is 6.45. The fourth-order valence-corrected chi connectivity index (χ4v) is 2.27. The highest BCUT2D eigenvalue weighted by Crippen LogP contribution is 2.19. The monoisotopic (exact) mass is 247 g/mol. The Hall–Kier alpha value is -1.42. The van der Waals surface area contributed by atoms with Gasteiger partial charge < -0.3 is 10.2 Å². The van der Waals surface area contributed by atoms with Crippen molar-refractivity contribution in [3.05, 3.63) is 30.1 Å². The fraction of sp³-hybridized carbons (Fsp3) is 0.571. The molecule has 0 spiro atoms. The summed E-state index contributed by atoms with van der Waals surface area (Å²) in [6.45, 7) is 7.46. The van der Waals surface area contributed by atoms with Gasteiger partial charge in [0.25, 0.3) is 0 Å². The molecule has 0 aromatic carbocycles. The largest absolute Gasteiger partial charge is 0.336 e. The topological polar surface area (TPSA) is 45.2 Å². The third-order valence-electron chi connectivity index (χ3n) is 3.17. The number of aromatic nitrogens is 1. The normalized spacial score (nSPS) is 20.3. The second-order valence-corrected chi connectivity index (χ2v) is 5.66. The average molecular weight is 247 g/mol. The number of carbonyl (C=O) groups excluding carboxylic acids is 1. The number of amides is 1. The van der Waals surface area contributed by atoms with Gasteiger partial charge in [0.2, 0.25) is 5.91 Å². The predicted molar refractivity (Wildman–Crippen MR) is 70.9 cm³/mol. The molecule has 1 fully saturated rings. The van der Waals surface area contributed by atoms with Gasteiger partial charge in [-0.25, -0.2) is 0 Å². The molecular weight excluding hydrogens is 226 g/mol. The zero-order valence-electron chi connectivity index (χ0n) is 11.1. The van der Waals surface area contributed by atoms with Crippen LogP contribution in [0.25, 0.3) is 0 Å². The SMILES string of the molecule is CC1(C)CNCCC(=O)N(Cc2ccccn2)C1. The highest BCUT2D eigenvalue weighted by Gasteiger charge is 2.27. The molecule has 1 aliphatic rings. The van der Waals surface area contributed by atoms with Crippen molar-refractivity contribution in [1.29, 1.82) is 0 Å². The molecule has 1 saturated heterocycles. The molecule has 0 atom stereocenters. The van der Waals surface area contributed by atoms with Gasteiger partial charge in [0.1, 0.15) is 0 Å². The number of carbonyl (C=O) groups is 1. The molecular formula is C14H21N3O. The Bertz CT molecular complexity index is 403. The molecule has 0 radical (unpaired) electrons. The second kappa shape index (κ2) is 5.48. The first-order chi connectivity index (χ1) is 8.57. The van der Waals surface area contributed by atoms with E-state index in [1.165, 1.54) is 0 Å². The van der Waals surface area contributed by atoms with Gasteiger partial charge in [-0.05, 0) is 17.5 Å². The van der Waals surface area contributed by atoms with E-state index in [4.69, 9.17) is 0 Å². The molecule has 1 amide bonds. The Morgan fingerprint density at radius 2 is 2.28 bits per heavy atom. The number of pyridine rings is 1. The Balaban J connectivity index is 2.09. The lowest BCUT2D eigenvalue weighted by Gasteiger charge is -2.35. The minimum atomic E-state index is 0.102. The van der Waals surface area contributed by atoms with E-state index < -0.39 is 0 Å². The van der Waals surface area contributed by atoms with Crippen LogP contribution in [0.1, 0.15) is 26.0 Å². The Morgan fingerprint density at radius 1 is 1.44 bits per heavy atom. The maximum atomic E-state index is 12.1. The number of hydrogen-bond acceptors (Lipinski definition) is 3. The maximum Gasteiger partial charge on any atom is 0.224 e. The average Bonchev–Trinajstić information content (AvgIpc) is 2.33. The number of nitrogens with one attached hydrogen (secondary N) is 1. The zero-order valence-corrected chi connectivity index (χ0v) is 11.1. The van der Waals surface area contributed by atoms with Crippen LogP contribution in [-0.4, -0.2) is 35.4 Å². The smallest absolute Gasteiger partial charge is 0.224 e. The molecule has 1 aromatic heterocycles. The van der Waals surface area contributed by atoms with Crippen molar-refractivity contribution in [3.63, 3.8) is 0 Å². The Labute approximate surface area is 108 Å². The third-order valence-corrected chi connectivity index (χ3v) is 3.17. The molecule has 1 aliphatic heterocycles. The van der Waals surface area contributed by atoms with Gasteiger partial charge in [0.05, 0.1) is 12.2 Å². The molecule has 98 valence electrons. The summed E-state index contributed by atoms with van der Waals surface area (Å²) in [7, 11) is 0. The lowest BCUT2D eigenvalue weighted by Crippen LogP contribution is -2.46. The van der Waals surface area contributed by atoms with Crippen LogP contribution in [0, 0.1) is 5.41 Å². The van der Waals surface area contributed by atoms with Crippen molar-refractivity contribution < 1.29 is 4.79 Å². The first-order valence-electron chi connectivity index (χ1n) is 6.45. The van der Waals surface area contributed by atoms with Gasteiger partial charge in [0.15, 0.2) is 0 Å². The van der Waals surface area contributed by atoms with E-state index in [1.54, 1.807) is 6.20 Å². The summed E-state index contributed by atoms with van der Waals surface area (Å²) < 4.78 is 0. The number of nitrogens with zero attached hydrogens (tertiary/aromatic N) is 2. The van der Waals surface area contributed by atoms with Crippen LogP contribution in [0.5, 0.6) is 0 Å². The van der Waals surface area contributed by atoms with Crippen molar-refractivity contribution in [1.82, 2.24) is 15.2 Å². The van der Waals surface area contributed by atoms with Gasteiger partial charge in [-0.2, -0.15) is 0 Å².